The Balaban J connectivity index is 1.49. The summed E-state index contributed by atoms with van der Waals surface area (Å²) in [5.74, 6) is 1.55. The number of hydrogen-bond donors (Lipinski definition) is 0. The minimum Gasteiger partial charge on any atom is -0.490 e. The number of esters is 1. The summed E-state index contributed by atoms with van der Waals surface area (Å²) in [6, 6.07) is 17.0. The van der Waals surface area contributed by atoms with Crippen molar-refractivity contribution in [3.63, 3.8) is 0 Å². The Kier molecular flexibility index (Phi) is 7.32. The molecule has 33 heavy (non-hydrogen) atoms. The third kappa shape index (κ3) is 5.06. The molecule has 0 radical (unpaired) electrons. The summed E-state index contributed by atoms with van der Waals surface area (Å²) in [4.78, 5) is 27.7. The highest BCUT2D eigenvalue weighted by Crippen LogP contribution is 2.50. The molecule has 1 spiro atoms. The van der Waals surface area contributed by atoms with E-state index in [1.807, 2.05) is 47.4 Å². The van der Waals surface area contributed by atoms with Crippen molar-refractivity contribution in [1.29, 1.82) is 0 Å². The maximum atomic E-state index is 13.6. The molecule has 4 rings (SSSR count). The summed E-state index contributed by atoms with van der Waals surface area (Å²) >= 11 is 1.72. The van der Waals surface area contributed by atoms with Crippen molar-refractivity contribution in [1.82, 2.24) is 4.90 Å². The number of thioether (sulfide) groups is 1. The molecule has 1 aliphatic carbocycles. The van der Waals surface area contributed by atoms with Crippen molar-refractivity contribution >= 4 is 23.6 Å². The summed E-state index contributed by atoms with van der Waals surface area (Å²) in [5, 5.41) is 0. The average Bonchev–Trinajstić information content (AvgIpc) is 3.20. The molecule has 1 aliphatic heterocycles. The van der Waals surface area contributed by atoms with Gasteiger partial charge in [0.2, 0.25) is 0 Å². The second-order valence-electron chi connectivity index (χ2n) is 9.11. The normalized spacial score (nSPS) is 24.8. The molecule has 1 saturated heterocycles. The number of benzene rings is 2. The summed E-state index contributed by atoms with van der Waals surface area (Å²) in [7, 11) is 0. The molecule has 1 atom stereocenters. The van der Waals surface area contributed by atoms with E-state index in [9.17, 15) is 9.59 Å². The van der Waals surface area contributed by atoms with Gasteiger partial charge in [-0.3, -0.25) is 4.79 Å². The average molecular weight is 468 g/mol. The van der Waals surface area contributed by atoms with E-state index in [0.717, 1.165) is 31.4 Å². The van der Waals surface area contributed by atoms with Crippen LogP contribution in [0.25, 0.3) is 0 Å². The molecule has 2 aromatic carbocycles. The molecule has 0 aromatic heterocycles. The fourth-order valence-corrected chi connectivity index (χ4v) is 6.42. The SMILES string of the molecule is CCOC(=O)[C@@H]1CSC2(CCC(Oc3ccc(C(C)C)cc3)CC2)N1C(=O)c1ccccc1. The van der Waals surface area contributed by atoms with Crippen molar-refractivity contribution in [3.05, 3.63) is 65.7 Å². The zero-order chi connectivity index (χ0) is 23.4. The highest BCUT2D eigenvalue weighted by Gasteiger charge is 2.54. The molecule has 0 unspecified atom stereocenters. The van der Waals surface area contributed by atoms with Gasteiger partial charge in [0, 0.05) is 11.3 Å². The molecular formula is C27H33NO4S. The van der Waals surface area contributed by atoms with E-state index in [1.165, 1.54) is 5.56 Å². The summed E-state index contributed by atoms with van der Waals surface area (Å²) in [6.07, 6.45) is 3.37. The van der Waals surface area contributed by atoms with Gasteiger partial charge < -0.3 is 14.4 Å². The number of carbonyl (C=O) groups is 2. The van der Waals surface area contributed by atoms with Crippen LogP contribution in [0.5, 0.6) is 5.75 Å². The lowest BCUT2D eigenvalue weighted by Crippen LogP contribution is -2.54. The number of carbonyl (C=O) groups excluding carboxylic acids is 2. The van der Waals surface area contributed by atoms with Gasteiger partial charge in [0.25, 0.3) is 5.91 Å². The zero-order valence-electron chi connectivity index (χ0n) is 19.7. The zero-order valence-corrected chi connectivity index (χ0v) is 20.5. The molecule has 1 heterocycles. The first-order chi connectivity index (χ1) is 15.9. The van der Waals surface area contributed by atoms with Gasteiger partial charge in [-0.15, -0.1) is 11.8 Å². The third-order valence-corrected chi connectivity index (χ3v) is 8.25. The lowest BCUT2D eigenvalue weighted by Gasteiger charge is -2.44. The van der Waals surface area contributed by atoms with Crippen molar-refractivity contribution in [3.8, 4) is 5.75 Å². The van der Waals surface area contributed by atoms with Crippen LogP contribution in [0, 0.1) is 0 Å². The smallest absolute Gasteiger partial charge is 0.329 e. The Hall–Kier alpha value is -2.47. The van der Waals surface area contributed by atoms with E-state index in [4.69, 9.17) is 9.47 Å². The lowest BCUT2D eigenvalue weighted by molar-refractivity contribution is -0.148. The van der Waals surface area contributed by atoms with E-state index in [-0.39, 0.29) is 18.0 Å². The van der Waals surface area contributed by atoms with E-state index >= 15 is 0 Å². The van der Waals surface area contributed by atoms with E-state index in [1.54, 1.807) is 18.7 Å². The van der Waals surface area contributed by atoms with Crippen LogP contribution in [-0.2, 0) is 9.53 Å². The Morgan fingerprint density at radius 1 is 1.06 bits per heavy atom. The number of rotatable bonds is 6. The molecule has 2 aliphatic rings. The number of hydrogen-bond acceptors (Lipinski definition) is 5. The van der Waals surface area contributed by atoms with Crippen LogP contribution in [-0.4, -0.2) is 46.2 Å². The van der Waals surface area contributed by atoms with E-state index < -0.39 is 10.9 Å². The predicted octanol–water partition coefficient (Wildman–Crippen LogP) is 5.65. The molecule has 6 heteroatoms. The van der Waals surface area contributed by atoms with Crippen molar-refractivity contribution < 1.29 is 19.1 Å². The first-order valence-corrected chi connectivity index (χ1v) is 12.9. The minimum absolute atomic E-state index is 0.0951. The summed E-state index contributed by atoms with van der Waals surface area (Å²) < 4.78 is 11.6. The van der Waals surface area contributed by atoms with Crippen molar-refractivity contribution in [2.75, 3.05) is 12.4 Å². The quantitative estimate of drug-likeness (QED) is 0.514. The van der Waals surface area contributed by atoms with Crippen LogP contribution >= 0.6 is 11.8 Å². The van der Waals surface area contributed by atoms with Gasteiger partial charge in [0.05, 0.1) is 17.6 Å². The van der Waals surface area contributed by atoms with Gasteiger partial charge in [0.15, 0.2) is 0 Å². The van der Waals surface area contributed by atoms with Crippen molar-refractivity contribution in [2.24, 2.45) is 0 Å². The summed E-state index contributed by atoms with van der Waals surface area (Å²) in [6.45, 7) is 6.48. The Labute approximate surface area is 200 Å². The maximum absolute atomic E-state index is 13.6. The standard InChI is InChI=1S/C27H33NO4S/c1-4-31-26(30)24-18-33-27(28(24)25(29)21-8-6-5-7-9-21)16-14-23(15-17-27)32-22-12-10-20(11-13-22)19(2)3/h5-13,19,23-24H,4,14-18H2,1-3H3/t23?,24-,27?/m0/s1. The van der Waals surface area contributed by atoms with Gasteiger partial charge in [-0.25, -0.2) is 4.79 Å². The molecule has 5 nitrogen and oxygen atoms in total. The van der Waals surface area contributed by atoms with Crippen LogP contribution in [0.3, 0.4) is 0 Å². The number of amides is 1. The van der Waals surface area contributed by atoms with Gasteiger partial charge in [-0.05, 0) is 68.4 Å². The second-order valence-corrected chi connectivity index (χ2v) is 10.5. The van der Waals surface area contributed by atoms with Gasteiger partial charge in [-0.2, -0.15) is 0 Å². The van der Waals surface area contributed by atoms with E-state index in [0.29, 0.717) is 23.8 Å². The highest BCUT2D eigenvalue weighted by molar-refractivity contribution is 8.01. The lowest BCUT2D eigenvalue weighted by atomic mass is 9.89. The molecule has 1 amide bonds. The largest absolute Gasteiger partial charge is 0.490 e. The number of ether oxygens (including phenoxy) is 2. The van der Waals surface area contributed by atoms with Crippen LogP contribution in [0.1, 0.15) is 68.3 Å². The van der Waals surface area contributed by atoms with Gasteiger partial charge >= 0.3 is 5.97 Å². The Bertz CT molecular complexity index is 952. The monoisotopic (exact) mass is 467 g/mol. The molecule has 0 N–H and O–H groups in total. The third-order valence-electron chi connectivity index (χ3n) is 6.62. The van der Waals surface area contributed by atoms with Gasteiger partial charge in [0.1, 0.15) is 11.8 Å². The fraction of sp³-hybridized carbons (Fsp3) is 0.481. The minimum atomic E-state index is -0.552. The van der Waals surface area contributed by atoms with Crippen LogP contribution < -0.4 is 4.74 Å². The predicted molar refractivity (Wildman–Crippen MR) is 132 cm³/mol. The number of nitrogens with zero attached hydrogens (tertiary/aromatic N) is 1. The highest BCUT2D eigenvalue weighted by atomic mass is 32.2. The molecular weight excluding hydrogens is 434 g/mol. The van der Waals surface area contributed by atoms with Gasteiger partial charge in [-0.1, -0.05) is 44.2 Å². The fourth-order valence-electron chi connectivity index (χ4n) is 4.79. The molecule has 2 aromatic rings. The van der Waals surface area contributed by atoms with Crippen LogP contribution in [0.2, 0.25) is 0 Å². The molecule has 1 saturated carbocycles. The topological polar surface area (TPSA) is 55.8 Å². The summed E-state index contributed by atoms with van der Waals surface area (Å²) in [5.41, 5.74) is 1.91. The van der Waals surface area contributed by atoms with E-state index in [2.05, 4.69) is 26.0 Å². The molecule has 0 bridgehead atoms. The Morgan fingerprint density at radius 2 is 1.73 bits per heavy atom. The van der Waals surface area contributed by atoms with Crippen LogP contribution in [0.4, 0.5) is 0 Å². The van der Waals surface area contributed by atoms with Crippen LogP contribution in [0.15, 0.2) is 54.6 Å². The molecule has 2 fully saturated rings. The maximum Gasteiger partial charge on any atom is 0.329 e. The molecule has 176 valence electrons. The first-order valence-electron chi connectivity index (χ1n) is 11.9. The Morgan fingerprint density at radius 3 is 2.33 bits per heavy atom. The second kappa shape index (κ2) is 10.2. The van der Waals surface area contributed by atoms with Crippen molar-refractivity contribution in [2.45, 2.75) is 69.4 Å². The first kappa shape index (κ1) is 23.7.